The van der Waals surface area contributed by atoms with Crippen LogP contribution in [0.4, 0.5) is 5.69 Å². The Morgan fingerprint density at radius 1 is 1.56 bits per heavy atom. The molecule has 0 radical (unpaired) electrons. The maximum absolute atomic E-state index is 9.38. The summed E-state index contributed by atoms with van der Waals surface area (Å²) in [5.74, 6) is 2.33. The molecule has 1 saturated heterocycles. The largest absolute Gasteiger partial charge is 0.392 e. The zero-order valence-electron chi connectivity index (χ0n) is 9.32. The molecular weight excluding hydrogens is 286 g/mol. The fourth-order valence-corrected chi connectivity index (χ4v) is 3.39. The van der Waals surface area contributed by atoms with Gasteiger partial charge in [-0.25, -0.2) is 0 Å². The molecule has 1 heterocycles. The summed E-state index contributed by atoms with van der Waals surface area (Å²) in [6.45, 7) is 3.42. The minimum absolute atomic E-state index is 0.110. The number of thioether (sulfide) groups is 1. The van der Waals surface area contributed by atoms with Crippen molar-refractivity contribution in [1.29, 1.82) is 0 Å². The average molecular weight is 302 g/mol. The van der Waals surface area contributed by atoms with Crippen molar-refractivity contribution < 1.29 is 5.11 Å². The predicted octanol–water partition coefficient (Wildman–Crippen LogP) is 2.88. The van der Waals surface area contributed by atoms with Crippen LogP contribution in [0.1, 0.15) is 12.5 Å². The molecule has 0 aliphatic carbocycles. The summed E-state index contributed by atoms with van der Waals surface area (Å²) in [6.07, 6.45) is 0. The molecule has 1 atom stereocenters. The molecule has 16 heavy (non-hydrogen) atoms. The molecule has 1 aromatic carbocycles. The minimum Gasteiger partial charge on any atom is -0.392 e. The first-order valence-corrected chi connectivity index (χ1v) is 7.41. The molecule has 1 aromatic rings. The van der Waals surface area contributed by atoms with Crippen LogP contribution in [0.5, 0.6) is 0 Å². The second-order valence-electron chi connectivity index (χ2n) is 4.05. The van der Waals surface area contributed by atoms with Gasteiger partial charge in [0, 0.05) is 39.8 Å². The smallest absolute Gasteiger partial charge is 0.0702 e. The summed E-state index contributed by atoms with van der Waals surface area (Å²) in [6, 6.07) is 6.63. The standard InChI is InChI=1S/C12H16BrNOS/c1-9-8-16-5-4-14(9)12-6-11(13)3-2-10(12)7-15/h2-3,6,9,15H,4-5,7-8H2,1H3. The van der Waals surface area contributed by atoms with E-state index in [-0.39, 0.29) is 6.61 Å². The maximum Gasteiger partial charge on any atom is 0.0702 e. The van der Waals surface area contributed by atoms with Crippen LogP contribution >= 0.6 is 27.7 Å². The van der Waals surface area contributed by atoms with Crippen molar-refractivity contribution in [2.75, 3.05) is 23.0 Å². The topological polar surface area (TPSA) is 23.5 Å². The molecule has 2 nitrogen and oxygen atoms in total. The summed E-state index contributed by atoms with van der Waals surface area (Å²) >= 11 is 5.50. The van der Waals surface area contributed by atoms with Crippen LogP contribution in [-0.2, 0) is 6.61 Å². The maximum atomic E-state index is 9.38. The Morgan fingerprint density at radius 3 is 3.06 bits per heavy atom. The Hall–Kier alpha value is -0.190. The zero-order valence-corrected chi connectivity index (χ0v) is 11.7. The van der Waals surface area contributed by atoms with Gasteiger partial charge in [-0.1, -0.05) is 22.0 Å². The second-order valence-corrected chi connectivity index (χ2v) is 6.11. The van der Waals surface area contributed by atoms with E-state index in [2.05, 4.69) is 33.8 Å². The summed E-state index contributed by atoms with van der Waals surface area (Å²) in [5.41, 5.74) is 2.19. The molecular formula is C12H16BrNOS. The number of aliphatic hydroxyl groups excluding tert-OH is 1. The zero-order chi connectivity index (χ0) is 11.5. The van der Waals surface area contributed by atoms with Crippen molar-refractivity contribution in [3.05, 3.63) is 28.2 Å². The number of anilines is 1. The highest BCUT2D eigenvalue weighted by Crippen LogP contribution is 2.30. The van der Waals surface area contributed by atoms with E-state index in [9.17, 15) is 5.11 Å². The van der Waals surface area contributed by atoms with E-state index in [0.29, 0.717) is 6.04 Å². The second kappa shape index (κ2) is 5.43. The molecule has 1 N–H and O–H groups in total. The first kappa shape index (κ1) is 12.3. The first-order valence-electron chi connectivity index (χ1n) is 5.46. The number of benzene rings is 1. The van der Waals surface area contributed by atoms with Crippen LogP contribution in [0.2, 0.25) is 0 Å². The molecule has 0 aromatic heterocycles. The third-order valence-electron chi connectivity index (χ3n) is 2.89. The minimum atomic E-state index is 0.110. The third kappa shape index (κ3) is 2.55. The third-order valence-corrected chi connectivity index (χ3v) is 4.58. The van der Waals surface area contributed by atoms with Gasteiger partial charge in [0.15, 0.2) is 0 Å². The van der Waals surface area contributed by atoms with Gasteiger partial charge in [-0.15, -0.1) is 0 Å². The molecule has 1 aliphatic rings. The van der Waals surface area contributed by atoms with Crippen LogP contribution in [-0.4, -0.2) is 29.2 Å². The lowest BCUT2D eigenvalue weighted by Gasteiger charge is -2.36. The Morgan fingerprint density at radius 2 is 2.38 bits per heavy atom. The lowest BCUT2D eigenvalue weighted by atomic mass is 10.1. The van der Waals surface area contributed by atoms with E-state index in [4.69, 9.17) is 0 Å². The summed E-state index contributed by atoms with van der Waals surface area (Å²) in [5, 5.41) is 9.38. The van der Waals surface area contributed by atoms with Gasteiger partial charge in [-0.3, -0.25) is 0 Å². The lowest BCUT2D eigenvalue weighted by molar-refractivity contribution is 0.282. The molecule has 2 rings (SSSR count). The average Bonchev–Trinajstić information content (AvgIpc) is 2.29. The number of hydrogen-bond donors (Lipinski definition) is 1. The Balaban J connectivity index is 2.33. The van der Waals surface area contributed by atoms with Gasteiger partial charge >= 0.3 is 0 Å². The lowest BCUT2D eigenvalue weighted by Crippen LogP contribution is -2.40. The number of rotatable bonds is 2. The Labute approximate surface area is 109 Å². The van der Waals surface area contributed by atoms with E-state index >= 15 is 0 Å². The van der Waals surface area contributed by atoms with Gasteiger partial charge in [0.2, 0.25) is 0 Å². The SMILES string of the molecule is CC1CSCCN1c1cc(Br)ccc1CO. The highest BCUT2D eigenvalue weighted by atomic mass is 79.9. The van der Waals surface area contributed by atoms with Gasteiger partial charge in [0.25, 0.3) is 0 Å². The fourth-order valence-electron chi connectivity index (χ4n) is 2.02. The molecule has 0 spiro atoms. The molecule has 0 bridgehead atoms. The first-order chi connectivity index (χ1) is 7.72. The summed E-state index contributed by atoms with van der Waals surface area (Å²) in [4.78, 5) is 2.40. The number of nitrogens with zero attached hydrogens (tertiary/aromatic N) is 1. The van der Waals surface area contributed by atoms with Crippen molar-refractivity contribution >= 4 is 33.4 Å². The number of hydrogen-bond acceptors (Lipinski definition) is 3. The van der Waals surface area contributed by atoms with Crippen LogP contribution in [0.25, 0.3) is 0 Å². The molecule has 0 saturated carbocycles. The van der Waals surface area contributed by atoms with E-state index < -0.39 is 0 Å². The molecule has 4 heteroatoms. The molecule has 1 unspecified atom stereocenters. The number of aliphatic hydroxyl groups is 1. The molecule has 1 aliphatic heterocycles. The van der Waals surface area contributed by atoms with Crippen molar-refractivity contribution in [1.82, 2.24) is 0 Å². The fraction of sp³-hybridized carbons (Fsp3) is 0.500. The van der Waals surface area contributed by atoms with Crippen LogP contribution in [0.15, 0.2) is 22.7 Å². The predicted molar refractivity (Wildman–Crippen MR) is 74.2 cm³/mol. The number of halogens is 1. The van der Waals surface area contributed by atoms with E-state index in [1.165, 1.54) is 11.4 Å². The van der Waals surface area contributed by atoms with Crippen molar-refractivity contribution in [2.24, 2.45) is 0 Å². The van der Waals surface area contributed by atoms with Crippen molar-refractivity contribution in [3.63, 3.8) is 0 Å². The Kier molecular flexibility index (Phi) is 4.16. The van der Waals surface area contributed by atoms with Crippen LogP contribution < -0.4 is 4.90 Å². The normalized spacial score (nSPS) is 21.2. The van der Waals surface area contributed by atoms with Crippen LogP contribution in [0.3, 0.4) is 0 Å². The highest BCUT2D eigenvalue weighted by molar-refractivity contribution is 9.10. The van der Waals surface area contributed by atoms with Gasteiger partial charge < -0.3 is 10.0 Å². The highest BCUT2D eigenvalue weighted by Gasteiger charge is 2.21. The molecule has 0 amide bonds. The summed E-state index contributed by atoms with van der Waals surface area (Å²) < 4.78 is 1.07. The van der Waals surface area contributed by atoms with Gasteiger partial charge in [0.1, 0.15) is 0 Å². The van der Waals surface area contributed by atoms with Gasteiger partial charge in [0.05, 0.1) is 6.61 Å². The van der Waals surface area contributed by atoms with E-state index in [1.54, 1.807) is 0 Å². The quantitative estimate of drug-likeness (QED) is 0.909. The van der Waals surface area contributed by atoms with E-state index in [1.807, 2.05) is 23.9 Å². The Bertz CT molecular complexity index is 372. The van der Waals surface area contributed by atoms with Gasteiger partial charge in [-0.05, 0) is 19.1 Å². The summed E-state index contributed by atoms with van der Waals surface area (Å²) in [7, 11) is 0. The van der Waals surface area contributed by atoms with Crippen LogP contribution in [0, 0.1) is 0 Å². The molecule has 88 valence electrons. The van der Waals surface area contributed by atoms with Gasteiger partial charge in [-0.2, -0.15) is 11.8 Å². The van der Waals surface area contributed by atoms with Crippen molar-refractivity contribution in [3.8, 4) is 0 Å². The van der Waals surface area contributed by atoms with E-state index in [0.717, 1.165) is 22.3 Å². The molecule has 1 fully saturated rings. The van der Waals surface area contributed by atoms with Crippen molar-refractivity contribution in [2.45, 2.75) is 19.6 Å². The monoisotopic (exact) mass is 301 g/mol.